The Labute approximate surface area is 139 Å². The van der Waals surface area contributed by atoms with E-state index in [1.54, 1.807) is 0 Å². The van der Waals surface area contributed by atoms with E-state index in [-0.39, 0.29) is 24.7 Å². The summed E-state index contributed by atoms with van der Waals surface area (Å²) in [5.74, 6) is -2.03. The maximum absolute atomic E-state index is 14.2. The molecule has 0 aromatic heterocycles. The molecule has 1 aromatic rings. The third kappa shape index (κ3) is 4.08. The Balaban J connectivity index is 1.59. The van der Waals surface area contributed by atoms with Gasteiger partial charge < -0.3 is 9.64 Å². The van der Waals surface area contributed by atoms with Gasteiger partial charge in [0.1, 0.15) is 0 Å². The molecular formula is C17H21F2N3O2. The summed E-state index contributed by atoms with van der Waals surface area (Å²) in [5, 5.41) is 3.85. The molecule has 1 aromatic carbocycles. The van der Waals surface area contributed by atoms with Crippen LogP contribution in [0.25, 0.3) is 0 Å². The fraction of sp³-hybridized carbons (Fsp3) is 0.529. The van der Waals surface area contributed by atoms with Crippen molar-refractivity contribution in [1.29, 1.82) is 0 Å². The summed E-state index contributed by atoms with van der Waals surface area (Å²) in [7, 11) is 0. The third-order valence-corrected chi connectivity index (χ3v) is 4.30. The van der Waals surface area contributed by atoms with E-state index in [4.69, 9.17) is 4.74 Å². The average Bonchev–Trinajstić information content (AvgIpc) is 3.07. The van der Waals surface area contributed by atoms with Gasteiger partial charge in [-0.05, 0) is 44.5 Å². The van der Waals surface area contributed by atoms with Crippen molar-refractivity contribution in [3.8, 4) is 5.75 Å². The van der Waals surface area contributed by atoms with E-state index in [1.807, 2.05) is 0 Å². The Kier molecular flexibility index (Phi) is 5.40. The van der Waals surface area contributed by atoms with Crippen LogP contribution < -0.4 is 10.2 Å². The van der Waals surface area contributed by atoms with E-state index in [1.165, 1.54) is 25.0 Å². The van der Waals surface area contributed by atoms with E-state index < -0.39 is 11.6 Å². The van der Waals surface area contributed by atoms with E-state index in [2.05, 4.69) is 15.4 Å². The lowest BCUT2D eigenvalue weighted by Crippen LogP contribution is -2.26. The number of hydrogen-bond acceptors (Lipinski definition) is 4. The first kappa shape index (κ1) is 16.8. The molecule has 24 heavy (non-hydrogen) atoms. The van der Waals surface area contributed by atoms with Crippen molar-refractivity contribution in [2.75, 3.05) is 26.2 Å². The predicted octanol–water partition coefficient (Wildman–Crippen LogP) is 2.44. The summed E-state index contributed by atoms with van der Waals surface area (Å²) in [6.45, 7) is 3.35. The number of hydrogen-bond donors (Lipinski definition) is 1. The van der Waals surface area contributed by atoms with E-state index in [0.717, 1.165) is 26.1 Å². The lowest BCUT2D eigenvalue weighted by atomic mass is 10.0. The number of carbonyl (C=O) groups is 1. The molecule has 0 spiro atoms. The van der Waals surface area contributed by atoms with Crippen molar-refractivity contribution in [1.82, 2.24) is 10.3 Å². The van der Waals surface area contributed by atoms with Gasteiger partial charge in [0.25, 0.3) is 0 Å². The highest BCUT2D eigenvalue weighted by Gasteiger charge is 2.19. The topological polar surface area (TPSA) is 53.9 Å². The molecule has 1 saturated heterocycles. The quantitative estimate of drug-likeness (QED) is 0.811. The Hall–Kier alpha value is -2.02. The van der Waals surface area contributed by atoms with Crippen molar-refractivity contribution < 1.29 is 18.3 Å². The molecule has 1 N–H and O–H groups in total. The first-order valence-electron chi connectivity index (χ1n) is 8.33. The Morgan fingerprint density at radius 1 is 1.17 bits per heavy atom. The maximum atomic E-state index is 14.2. The van der Waals surface area contributed by atoms with Gasteiger partial charge in [0, 0.05) is 24.9 Å². The zero-order valence-electron chi connectivity index (χ0n) is 13.5. The van der Waals surface area contributed by atoms with Gasteiger partial charge in [-0.3, -0.25) is 4.79 Å². The van der Waals surface area contributed by atoms with Gasteiger partial charge in [-0.25, -0.2) is 14.2 Å². The van der Waals surface area contributed by atoms with Gasteiger partial charge in [-0.1, -0.05) is 0 Å². The molecule has 5 nitrogen and oxygen atoms in total. The molecule has 2 aliphatic heterocycles. The van der Waals surface area contributed by atoms with Gasteiger partial charge in [0.2, 0.25) is 5.91 Å². The number of amides is 1. The van der Waals surface area contributed by atoms with Gasteiger partial charge in [-0.15, -0.1) is 0 Å². The first-order valence-corrected chi connectivity index (χ1v) is 8.33. The van der Waals surface area contributed by atoms with Crippen LogP contribution in [0.1, 0.15) is 37.7 Å². The first-order chi connectivity index (χ1) is 11.6. The van der Waals surface area contributed by atoms with Crippen molar-refractivity contribution in [3.05, 3.63) is 29.3 Å². The van der Waals surface area contributed by atoms with E-state index >= 15 is 0 Å². The molecule has 7 heteroatoms. The lowest BCUT2D eigenvalue weighted by molar-refractivity contribution is -0.121. The fourth-order valence-corrected chi connectivity index (χ4v) is 3.02. The Bertz CT molecular complexity index is 620. The number of halogens is 2. The molecule has 2 heterocycles. The van der Waals surface area contributed by atoms with Crippen molar-refractivity contribution in [2.45, 2.75) is 32.1 Å². The number of carbonyl (C=O) groups excluding carboxylic acids is 1. The van der Waals surface area contributed by atoms with Gasteiger partial charge in [-0.2, -0.15) is 5.10 Å². The zero-order valence-corrected chi connectivity index (χ0v) is 13.5. The van der Waals surface area contributed by atoms with Crippen LogP contribution in [-0.4, -0.2) is 42.8 Å². The normalized spacial score (nSPS) is 18.4. The fourth-order valence-electron chi connectivity index (χ4n) is 3.02. The highest BCUT2D eigenvalue weighted by Crippen LogP contribution is 2.25. The smallest absolute Gasteiger partial charge is 0.240 e. The van der Waals surface area contributed by atoms with Crippen LogP contribution in [0.4, 0.5) is 8.78 Å². The molecule has 0 aliphatic carbocycles. The van der Waals surface area contributed by atoms with Gasteiger partial charge in [0.05, 0.1) is 12.3 Å². The largest absolute Gasteiger partial charge is 0.488 e. The van der Waals surface area contributed by atoms with Gasteiger partial charge >= 0.3 is 0 Å². The maximum Gasteiger partial charge on any atom is 0.240 e. The van der Waals surface area contributed by atoms with Crippen molar-refractivity contribution >= 4 is 11.6 Å². The number of nitrogens with zero attached hydrogens (tertiary/aromatic N) is 2. The number of nitrogens with one attached hydrogen (secondary N) is 1. The predicted molar refractivity (Wildman–Crippen MR) is 86.1 cm³/mol. The minimum Gasteiger partial charge on any atom is -0.488 e. The number of benzene rings is 1. The second-order valence-corrected chi connectivity index (χ2v) is 6.11. The third-order valence-electron chi connectivity index (χ3n) is 4.30. The van der Waals surface area contributed by atoms with Crippen LogP contribution in [0.15, 0.2) is 17.2 Å². The molecule has 3 rings (SSSR count). The molecular weight excluding hydrogens is 316 g/mol. The lowest BCUT2D eigenvalue weighted by Gasteiger charge is -2.16. The molecule has 1 amide bonds. The number of likely N-dealkylation sites (tertiary alicyclic amines) is 1. The summed E-state index contributed by atoms with van der Waals surface area (Å²) in [6, 6.07) is 2.41. The SMILES string of the molecule is O=C1CCC(c2cc(F)c(OCCCN3CCCC3)c(F)c2)=NN1. The Morgan fingerprint density at radius 2 is 1.88 bits per heavy atom. The summed E-state index contributed by atoms with van der Waals surface area (Å²) in [6.07, 6.45) is 3.79. The zero-order chi connectivity index (χ0) is 16.9. The number of rotatable bonds is 6. The number of ether oxygens (including phenoxy) is 1. The highest BCUT2D eigenvalue weighted by molar-refractivity contribution is 6.04. The van der Waals surface area contributed by atoms with Crippen LogP contribution in [0.2, 0.25) is 0 Å². The minimum absolute atomic E-state index is 0.197. The molecule has 0 unspecified atom stereocenters. The second-order valence-electron chi connectivity index (χ2n) is 6.11. The Morgan fingerprint density at radius 3 is 2.50 bits per heavy atom. The van der Waals surface area contributed by atoms with E-state index in [9.17, 15) is 13.6 Å². The highest BCUT2D eigenvalue weighted by atomic mass is 19.1. The minimum atomic E-state index is -0.745. The van der Waals surface area contributed by atoms with Crippen LogP contribution in [0.3, 0.4) is 0 Å². The van der Waals surface area contributed by atoms with Crippen molar-refractivity contribution in [2.24, 2.45) is 5.10 Å². The molecule has 130 valence electrons. The summed E-state index contributed by atoms with van der Waals surface area (Å²) < 4.78 is 33.6. The van der Waals surface area contributed by atoms with Crippen LogP contribution in [0, 0.1) is 11.6 Å². The summed E-state index contributed by atoms with van der Waals surface area (Å²) in [4.78, 5) is 13.4. The average molecular weight is 337 g/mol. The van der Waals surface area contributed by atoms with Gasteiger partial charge in [0.15, 0.2) is 17.4 Å². The molecule has 0 atom stereocenters. The second kappa shape index (κ2) is 7.70. The monoisotopic (exact) mass is 337 g/mol. The van der Waals surface area contributed by atoms with Crippen LogP contribution in [-0.2, 0) is 4.79 Å². The molecule has 0 bridgehead atoms. The van der Waals surface area contributed by atoms with E-state index in [0.29, 0.717) is 17.7 Å². The summed E-state index contributed by atoms with van der Waals surface area (Å²) >= 11 is 0. The molecule has 2 aliphatic rings. The molecule has 0 radical (unpaired) electrons. The molecule has 1 fully saturated rings. The van der Waals surface area contributed by atoms with Crippen LogP contribution in [0.5, 0.6) is 5.75 Å². The summed E-state index contributed by atoms with van der Waals surface area (Å²) in [5.41, 5.74) is 3.11. The standard InChI is InChI=1S/C17H21F2N3O2/c18-13-10-12(15-4-5-16(23)21-20-15)11-14(19)17(13)24-9-3-8-22-6-1-2-7-22/h10-11H,1-9H2,(H,21,23). The van der Waals surface area contributed by atoms with Crippen molar-refractivity contribution in [3.63, 3.8) is 0 Å². The van der Waals surface area contributed by atoms with Crippen LogP contribution >= 0.6 is 0 Å². The number of hydrazone groups is 1. The molecule has 0 saturated carbocycles.